The summed E-state index contributed by atoms with van der Waals surface area (Å²) >= 11 is 0. The third kappa shape index (κ3) is 5.97. The zero-order valence-corrected chi connectivity index (χ0v) is 32.7. The highest BCUT2D eigenvalue weighted by Crippen LogP contribution is 2.43. The molecule has 0 saturated heterocycles. The van der Waals surface area contributed by atoms with Crippen LogP contribution in [0.5, 0.6) is 0 Å². The molecule has 2 aromatic heterocycles. The number of furan rings is 2. The molecular formula is C54H28N6O2. The average Bonchev–Trinajstić information content (AvgIpc) is 3.85. The first-order chi connectivity index (χ1) is 30.5. The molecule has 9 aromatic carbocycles. The molecule has 0 amide bonds. The van der Waals surface area contributed by atoms with Gasteiger partial charge in [0.05, 0.1) is 36.4 Å². The second-order valence-electron chi connectivity index (χ2n) is 15.1. The van der Waals surface area contributed by atoms with E-state index >= 15 is 0 Å². The molecule has 0 aliphatic rings. The van der Waals surface area contributed by atoms with E-state index in [1.54, 1.807) is 24.3 Å². The second-order valence-corrected chi connectivity index (χ2v) is 15.1. The lowest BCUT2D eigenvalue weighted by Crippen LogP contribution is -2.09. The maximum atomic E-state index is 9.43. The van der Waals surface area contributed by atoms with Gasteiger partial charge >= 0.3 is 0 Å². The fourth-order valence-electron chi connectivity index (χ4n) is 8.40. The van der Waals surface area contributed by atoms with Gasteiger partial charge in [-0.15, -0.1) is 0 Å². The van der Waals surface area contributed by atoms with Crippen LogP contribution in [0.3, 0.4) is 0 Å². The van der Waals surface area contributed by atoms with Gasteiger partial charge in [-0.25, -0.2) is 9.69 Å². The summed E-state index contributed by atoms with van der Waals surface area (Å²) in [7, 11) is 0. The molecule has 8 nitrogen and oxygen atoms in total. The molecule has 11 aromatic rings. The highest BCUT2D eigenvalue weighted by Gasteiger charge is 2.19. The van der Waals surface area contributed by atoms with Crippen molar-refractivity contribution in [1.29, 1.82) is 10.5 Å². The van der Waals surface area contributed by atoms with Crippen molar-refractivity contribution in [2.24, 2.45) is 0 Å². The Morgan fingerprint density at radius 3 is 1.06 bits per heavy atom. The zero-order valence-electron chi connectivity index (χ0n) is 32.7. The van der Waals surface area contributed by atoms with E-state index in [0.717, 1.165) is 99.5 Å². The van der Waals surface area contributed by atoms with Gasteiger partial charge in [-0.05, 0) is 149 Å². The molecule has 286 valence electrons. The SMILES string of the molecule is [C-]#[N+]c1ccc(N(c2ccc([N+]#[C-])cc2)c2ccc3cc4c(cc3c2)oc2cc3oc5cc6cc(N(c7ccc(C#N)cc7)c7ccc(C#N)cc7)ccc6cc5c3cc24)cc1. The summed E-state index contributed by atoms with van der Waals surface area (Å²) in [5.74, 6) is 0. The van der Waals surface area contributed by atoms with Gasteiger partial charge < -0.3 is 18.6 Å². The van der Waals surface area contributed by atoms with Crippen LogP contribution in [-0.2, 0) is 0 Å². The molecule has 11 rings (SSSR count). The van der Waals surface area contributed by atoms with Gasteiger partial charge in [-0.1, -0.05) is 36.4 Å². The van der Waals surface area contributed by atoms with Crippen molar-refractivity contribution >= 4 is 111 Å². The Bertz CT molecular complexity index is 3420. The molecule has 0 aliphatic heterocycles. The largest absolute Gasteiger partial charge is 0.456 e. The Kier molecular flexibility index (Phi) is 8.19. The summed E-state index contributed by atoms with van der Waals surface area (Å²) < 4.78 is 13.1. The summed E-state index contributed by atoms with van der Waals surface area (Å²) in [5.41, 5.74) is 10.7. The first-order valence-corrected chi connectivity index (χ1v) is 19.7. The smallest absolute Gasteiger partial charge is 0.187 e. The van der Waals surface area contributed by atoms with Crippen LogP contribution in [0.2, 0.25) is 0 Å². The second kappa shape index (κ2) is 14.2. The Morgan fingerprint density at radius 1 is 0.355 bits per heavy atom. The van der Waals surface area contributed by atoms with E-state index < -0.39 is 0 Å². The van der Waals surface area contributed by atoms with E-state index in [-0.39, 0.29) is 0 Å². The lowest BCUT2D eigenvalue weighted by molar-refractivity contribution is 0.656. The predicted octanol–water partition coefficient (Wildman–Crippen LogP) is 15.6. The molecule has 0 fully saturated rings. The number of hydrogen-bond donors (Lipinski definition) is 0. The highest BCUT2D eigenvalue weighted by atomic mass is 16.3. The molecule has 8 heteroatoms. The number of rotatable bonds is 6. The number of anilines is 6. The lowest BCUT2D eigenvalue weighted by atomic mass is 10.0. The Labute approximate surface area is 354 Å². The van der Waals surface area contributed by atoms with Gasteiger partial charge in [-0.2, -0.15) is 10.5 Å². The number of fused-ring (bicyclic) bond motifs is 8. The fraction of sp³-hybridized carbons (Fsp3) is 0. The van der Waals surface area contributed by atoms with Crippen molar-refractivity contribution in [2.45, 2.75) is 0 Å². The monoisotopic (exact) mass is 792 g/mol. The van der Waals surface area contributed by atoms with Crippen LogP contribution in [0.25, 0.3) is 75.1 Å². The van der Waals surface area contributed by atoms with Crippen LogP contribution in [0, 0.1) is 35.8 Å². The van der Waals surface area contributed by atoms with E-state index in [4.69, 9.17) is 22.0 Å². The van der Waals surface area contributed by atoms with Crippen molar-refractivity contribution in [1.82, 2.24) is 0 Å². The molecule has 0 unspecified atom stereocenters. The summed E-state index contributed by atoms with van der Waals surface area (Å²) in [6.07, 6.45) is 0. The van der Waals surface area contributed by atoms with E-state index in [0.29, 0.717) is 22.5 Å². The minimum atomic E-state index is 0.565. The van der Waals surface area contributed by atoms with Gasteiger partial charge in [0.25, 0.3) is 0 Å². The summed E-state index contributed by atoms with van der Waals surface area (Å²) in [4.78, 5) is 11.4. The molecule has 0 aliphatic carbocycles. The first-order valence-electron chi connectivity index (χ1n) is 19.7. The van der Waals surface area contributed by atoms with Crippen molar-refractivity contribution in [2.75, 3.05) is 9.80 Å². The third-order valence-electron chi connectivity index (χ3n) is 11.4. The van der Waals surface area contributed by atoms with E-state index in [9.17, 15) is 10.5 Å². The van der Waals surface area contributed by atoms with Crippen LogP contribution in [0.4, 0.5) is 45.5 Å². The molecule has 0 atom stereocenters. The minimum Gasteiger partial charge on any atom is -0.456 e. The normalized spacial score (nSPS) is 11.2. The highest BCUT2D eigenvalue weighted by molar-refractivity contribution is 6.18. The minimum absolute atomic E-state index is 0.565. The maximum absolute atomic E-state index is 9.43. The van der Waals surface area contributed by atoms with Crippen molar-refractivity contribution in [3.63, 3.8) is 0 Å². The topological polar surface area (TPSA) is 89.1 Å². The van der Waals surface area contributed by atoms with Crippen LogP contribution < -0.4 is 9.80 Å². The number of hydrogen-bond acceptors (Lipinski definition) is 6. The van der Waals surface area contributed by atoms with E-state index in [2.05, 4.69) is 98.4 Å². The standard InChI is InChI=1S/C54H28N6O2/c1-57-39-9-19-43(20-10-39)60(44-21-11-40(58-2)12-22-44)46-18-8-36-26-48-50-29-49-47-25-35-7-17-45(59(41-13-3-33(31-55)4-14-41)42-15-5-34(32-56)6-16-42)23-37(35)27-51(47)61-53(49)30-54(50)62-52(48)28-38(36)24-46/h3-30H. The molecule has 0 spiro atoms. The van der Waals surface area contributed by atoms with Crippen LogP contribution in [0.15, 0.2) is 179 Å². The molecular weight excluding hydrogens is 765 g/mol. The van der Waals surface area contributed by atoms with Crippen LogP contribution >= 0.6 is 0 Å². The van der Waals surface area contributed by atoms with E-state index in [1.165, 1.54) is 0 Å². The number of nitriles is 2. The van der Waals surface area contributed by atoms with Crippen LogP contribution in [-0.4, -0.2) is 0 Å². The maximum Gasteiger partial charge on any atom is 0.187 e. The van der Waals surface area contributed by atoms with Gasteiger partial charge in [0.15, 0.2) is 11.4 Å². The van der Waals surface area contributed by atoms with Crippen molar-refractivity contribution in [3.05, 3.63) is 204 Å². The van der Waals surface area contributed by atoms with Crippen molar-refractivity contribution < 1.29 is 8.83 Å². The van der Waals surface area contributed by atoms with E-state index in [1.807, 2.05) is 78.9 Å². The fourth-order valence-corrected chi connectivity index (χ4v) is 8.40. The third-order valence-corrected chi connectivity index (χ3v) is 11.4. The number of nitrogens with zero attached hydrogens (tertiary/aromatic N) is 6. The molecule has 2 heterocycles. The Balaban J connectivity index is 0.989. The molecule has 0 bridgehead atoms. The summed E-state index contributed by atoms with van der Waals surface area (Å²) in [6.45, 7) is 14.9. The van der Waals surface area contributed by atoms with Gasteiger partial charge in [0, 0.05) is 61.7 Å². The average molecular weight is 793 g/mol. The summed E-state index contributed by atoms with van der Waals surface area (Å²) in [6, 6.07) is 59.7. The Hall–Kier alpha value is -9.34. The quantitative estimate of drug-likeness (QED) is 0.156. The molecule has 62 heavy (non-hydrogen) atoms. The number of benzene rings is 9. The first kappa shape index (κ1) is 35.8. The Morgan fingerprint density at radius 2 is 0.694 bits per heavy atom. The van der Waals surface area contributed by atoms with Gasteiger partial charge in [0.1, 0.15) is 22.3 Å². The zero-order chi connectivity index (χ0) is 41.9. The predicted molar refractivity (Wildman–Crippen MR) is 247 cm³/mol. The van der Waals surface area contributed by atoms with Gasteiger partial charge in [-0.3, -0.25) is 0 Å². The molecule has 0 saturated carbocycles. The van der Waals surface area contributed by atoms with Crippen molar-refractivity contribution in [3.8, 4) is 12.1 Å². The molecule has 0 N–H and O–H groups in total. The lowest BCUT2D eigenvalue weighted by Gasteiger charge is -2.26. The molecule has 0 radical (unpaired) electrons. The van der Waals surface area contributed by atoms with Gasteiger partial charge in [0.2, 0.25) is 0 Å². The summed E-state index contributed by atoms with van der Waals surface area (Å²) in [5, 5.41) is 27.0. The van der Waals surface area contributed by atoms with Crippen LogP contribution in [0.1, 0.15) is 11.1 Å².